The molecule has 1 aliphatic rings. The van der Waals surface area contributed by atoms with Gasteiger partial charge in [0.15, 0.2) is 0 Å². The van der Waals surface area contributed by atoms with Crippen LogP contribution in [0.25, 0.3) is 0 Å². The summed E-state index contributed by atoms with van der Waals surface area (Å²) in [6.45, 7) is 2.07. The van der Waals surface area contributed by atoms with Gasteiger partial charge in [-0.25, -0.2) is 4.39 Å². The lowest BCUT2D eigenvalue weighted by atomic mass is 10.0. The second-order valence-electron chi connectivity index (χ2n) is 5.13. The van der Waals surface area contributed by atoms with Crippen LogP contribution >= 0.6 is 0 Å². The number of anilines is 1. The molecule has 6 nitrogen and oxygen atoms in total. The summed E-state index contributed by atoms with van der Waals surface area (Å²) in [4.78, 5) is 23.3. The van der Waals surface area contributed by atoms with Crippen LogP contribution in [0.4, 0.5) is 10.1 Å². The van der Waals surface area contributed by atoms with Crippen LogP contribution in [0.15, 0.2) is 18.2 Å². The van der Waals surface area contributed by atoms with Gasteiger partial charge in [0, 0.05) is 25.3 Å². The molecule has 1 heterocycles. The van der Waals surface area contributed by atoms with Crippen LogP contribution in [0, 0.1) is 12.7 Å². The summed E-state index contributed by atoms with van der Waals surface area (Å²) < 4.78 is 18.4. The van der Waals surface area contributed by atoms with Crippen molar-refractivity contribution >= 4 is 17.5 Å². The molecule has 7 heteroatoms. The molecule has 1 saturated heterocycles. The monoisotopic (exact) mass is 296 g/mol. The summed E-state index contributed by atoms with van der Waals surface area (Å²) >= 11 is 0. The molecule has 0 saturated carbocycles. The van der Waals surface area contributed by atoms with Crippen LogP contribution in [0.1, 0.15) is 12.0 Å². The topological polar surface area (TPSA) is 87.7 Å². The van der Waals surface area contributed by atoms with Gasteiger partial charge in [0.25, 0.3) is 0 Å². The lowest BCUT2D eigenvalue weighted by Gasteiger charge is -2.20. The highest BCUT2D eigenvalue weighted by Gasteiger charge is 2.33. The van der Waals surface area contributed by atoms with E-state index in [0.29, 0.717) is 18.6 Å². The van der Waals surface area contributed by atoms with Crippen LogP contribution in [-0.4, -0.2) is 42.3 Å². The zero-order valence-electron chi connectivity index (χ0n) is 11.6. The Morgan fingerprint density at radius 1 is 1.43 bits per heavy atom. The van der Waals surface area contributed by atoms with Crippen LogP contribution in [0.3, 0.4) is 0 Å². The molecule has 2 amide bonds. The normalized spacial score (nSPS) is 21.1. The van der Waals surface area contributed by atoms with E-state index in [1.54, 1.807) is 6.92 Å². The van der Waals surface area contributed by atoms with Crippen LogP contribution in [0.5, 0.6) is 0 Å². The molecule has 3 N–H and O–H groups in total. The second-order valence-corrected chi connectivity index (χ2v) is 5.13. The van der Waals surface area contributed by atoms with Crippen molar-refractivity contribution in [3.05, 3.63) is 29.6 Å². The van der Waals surface area contributed by atoms with E-state index < -0.39 is 23.2 Å². The number of rotatable bonds is 3. The number of nitrogens with one attached hydrogen (secondary N) is 2. The van der Waals surface area contributed by atoms with E-state index in [0.717, 1.165) is 6.07 Å². The SMILES string of the molecule is Cc1ccc(NC(=O)C(=O)NCC2(O)CCOC2)cc1F. The third-order valence-electron chi connectivity index (χ3n) is 3.30. The minimum atomic E-state index is -1.13. The first-order chi connectivity index (χ1) is 9.89. The highest BCUT2D eigenvalue weighted by atomic mass is 19.1. The predicted molar refractivity (Wildman–Crippen MR) is 73.2 cm³/mol. The Hall–Kier alpha value is -1.99. The fourth-order valence-electron chi connectivity index (χ4n) is 1.92. The number of hydrogen-bond donors (Lipinski definition) is 3. The molecule has 0 radical (unpaired) electrons. The number of aliphatic hydroxyl groups is 1. The van der Waals surface area contributed by atoms with Crippen LogP contribution in [-0.2, 0) is 14.3 Å². The highest BCUT2D eigenvalue weighted by Crippen LogP contribution is 2.17. The van der Waals surface area contributed by atoms with Crippen molar-refractivity contribution in [1.82, 2.24) is 5.32 Å². The van der Waals surface area contributed by atoms with Gasteiger partial charge in [-0.3, -0.25) is 9.59 Å². The maximum absolute atomic E-state index is 13.3. The molecule has 0 bridgehead atoms. The van der Waals surface area contributed by atoms with Crippen molar-refractivity contribution in [2.24, 2.45) is 0 Å². The van der Waals surface area contributed by atoms with E-state index >= 15 is 0 Å². The number of carbonyl (C=O) groups is 2. The fourth-order valence-corrected chi connectivity index (χ4v) is 1.92. The molecule has 0 spiro atoms. The molecule has 2 rings (SSSR count). The number of aryl methyl sites for hydroxylation is 1. The number of carbonyl (C=O) groups excluding carboxylic acids is 2. The first-order valence-corrected chi connectivity index (χ1v) is 6.55. The van der Waals surface area contributed by atoms with Gasteiger partial charge in [0.1, 0.15) is 11.4 Å². The third-order valence-corrected chi connectivity index (χ3v) is 3.30. The summed E-state index contributed by atoms with van der Waals surface area (Å²) in [5, 5.41) is 14.6. The molecule has 1 unspecified atom stereocenters. The van der Waals surface area contributed by atoms with Gasteiger partial charge in [-0.2, -0.15) is 0 Å². The summed E-state index contributed by atoms with van der Waals surface area (Å²) in [6.07, 6.45) is 0.401. The van der Waals surface area contributed by atoms with E-state index in [-0.39, 0.29) is 18.8 Å². The van der Waals surface area contributed by atoms with Gasteiger partial charge < -0.3 is 20.5 Å². The average molecular weight is 296 g/mol. The molecule has 1 aromatic rings. The molecular formula is C14H17FN2O4. The van der Waals surface area contributed by atoms with Crippen molar-refractivity contribution in [1.29, 1.82) is 0 Å². The Balaban J connectivity index is 1.87. The van der Waals surface area contributed by atoms with Crippen molar-refractivity contribution in [3.8, 4) is 0 Å². The van der Waals surface area contributed by atoms with E-state index in [4.69, 9.17) is 4.74 Å². The van der Waals surface area contributed by atoms with Gasteiger partial charge in [-0.15, -0.1) is 0 Å². The Morgan fingerprint density at radius 3 is 2.81 bits per heavy atom. The smallest absolute Gasteiger partial charge is 0.313 e. The third kappa shape index (κ3) is 3.99. The zero-order chi connectivity index (χ0) is 15.5. The number of halogens is 1. The van der Waals surface area contributed by atoms with Crippen molar-refractivity contribution in [2.75, 3.05) is 25.1 Å². The summed E-state index contributed by atoms with van der Waals surface area (Å²) in [5.74, 6) is -2.28. The fraction of sp³-hybridized carbons (Fsp3) is 0.429. The van der Waals surface area contributed by atoms with Gasteiger partial charge in [-0.1, -0.05) is 6.07 Å². The molecule has 1 atom stereocenters. The molecule has 21 heavy (non-hydrogen) atoms. The molecule has 0 aliphatic carbocycles. The predicted octanol–water partition coefficient (Wildman–Crippen LogP) is 0.340. The zero-order valence-corrected chi connectivity index (χ0v) is 11.6. The van der Waals surface area contributed by atoms with E-state index in [2.05, 4.69) is 10.6 Å². The first kappa shape index (κ1) is 15.4. The molecule has 1 aromatic carbocycles. The minimum Gasteiger partial charge on any atom is -0.386 e. The van der Waals surface area contributed by atoms with Crippen molar-refractivity contribution in [3.63, 3.8) is 0 Å². The van der Waals surface area contributed by atoms with Crippen molar-refractivity contribution in [2.45, 2.75) is 18.9 Å². The van der Waals surface area contributed by atoms with E-state index in [1.807, 2.05) is 0 Å². The molecule has 1 aliphatic heterocycles. The molecule has 114 valence electrons. The standard InChI is InChI=1S/C14H17FN2O4/c1-9-2-3-10(6-11(9)15)17-13(19)12(18)16-7-14(20)4-5-21-8-14/h2-3,6,20H,4-5,7-8H2,1H3,(H,16,18)(H,17,19). The summed E-state index contributed by atoms with van der Waals surface area (Å²) in [5.41, 5.74) is -0.492. The minimum absolute atomic E-state index is 0.0679. The molecule has 0 aromatic heterocycles. The van der Waals surface area contributed by atoms with Gasteiger partial charge in [0.2, 0.25) is 0 Å². The van der Waals surface area contributed by atoms with Crippen molar-refractivity contribution < 1.29 is 23.8 Å². The Kier molecular flexibility index (Phi) is 4.54. The largest absolute Gasteiger partial charge is 0.386 e. The Morgan fingerprint density at radius 2 is 2.19 bits per heavy atom. The van der Waals surface area contributed by atoms with Gasteiger partial charge in [-0.05, 0) is 24.6 Å². The number of ether oxygens (including phenoxy) is 1. The lowest BCUT2D eigenvalue weighted by Crippen LogP contribution is -2.46. The Bertz CT molecular complexity index is 556. The Labute approximate surface area is 121 Å². The number of benzene rings is 1. The molecular weight excluding hydrogens is 279 g/mol. The first-order valence-electron chi connectivity index (χ1n) is 6.55. The summed E-state index contributed by atoms with van der Waals surface area (Å²) in [7, 11) is 0. The van der Waals surface area contributed by atoms with Gasteiger partial charge in [0.05, 0.1) is 6.61 Å². The lowest BCUT2D eigenvalue weighted by molar-refractivity contribution is -0.136. The maximum atomic E-state index is 13.3. The number of hydrogen-bond acceptors (Lipinski definition) is 4. The highest BCUT2D eigenvalue weighted by molar-refractivity contribution is 6.39. The van der Waals surface area contributed by atoms with E-state index in [1.165, 1.54) is 12.1 Å². The van der Waals surface area contributed by atoms with E-state index in [9.17, 15) is 19.1 Å². The van der Waals surface area contributed by atoms with Crippen LogP contribution in [0.2, 0.25) is 0 Å². The summed E-state index contributed by atoms with van der Waals surface area (Å²) in [6, 6.07) is 4.14. The maximum Gasteiger partial charge on any atom is 0.313 e. The van der Waals surface area contributed by atoms with Crippen LogP contribution < -0.4 is 10.6 Å². The quantitative estimate of drug-likeness (QED) is 0.702. The van der Waals surface area contributed by atoms with Gasteiger partial charge >= 0.3 is 11.8 Å². The molecule has 1 fully saturated rings. The second kappa shape index (κ2) is 6.19. The number of amides is 2. The average Bonchev–Trinajstić information content (AvgIpc) is 2.87.